The van der Waals surface area contributed by atoms with E-state index in [1.54, 1.807) is 17.4 Å². The molecule has 0 amide bonds. The molecule has 106 valence electrons. The number of thiophene rings is 1. The minimum Gasteiger partial charge on any atom is -0.378 e. The Labute approximate surface area is 120 Å². The van der Waals surface area contributed by atoms with Crippen LogP contribution >= 0.6 is 11.3 Å². The van der Waals surface area contributed by atoms with E-state index in [0.717, 1.165) is 12.8 Å². The molecular weight excluding hydrogens is 276 g/mol. The first-order valence-electron chi connectivity index (χ1n) is 6.32. The van der Waals surface area contributed by atoms with Crippen molar-refractivity contribution in [1.82, 2.24) is 4.98 Å². The zero-order chi connectivity index (χ0) is 14.5. The highest BCUT2D eigenvalue weighted by atomic mass is 32.1. The Kier molecular flexibility index (Phi) is 4.52. The van der Waals surface area contributed by atoms with Gasteiger partial charge in [-0.3, -0.25) is 10.1 Å². The molecular formula is C13H16N4O2S. The normalized spacial score (nSPS) is 12.1. The van der Waals surface area contributed by atoms with Crippen LogP contribution in [0.25, 0.3) is 0 Å². The molecule has 2 rings (SSSR count). The van der Waals surface area contributed by atoms with Gasteiger partial charge in [0, 0.05) is 10.9 Å². The molecule has 0 aliphatic heterocycles. The van der Waals surface area contributed by atoms with Crippen LogP contribution in [0.15, 0.2) is 29.6 Å². The molecule has 1 unspecified atom stereocenters. The van der Waals surface area contributed by atoms with Crippen LogP contribution in [0.5, 0.6) is 0 Å². The van der Waals surface area contributed by atoms with E-state index in [9.17, 15) is 10.1 Å². The topological polar surface area (TPSA) is 94.1 Å². The Balaban J connectivity index is 2.19. The van der Waals surface area contributed by atoms with E-state index in [1.165, 1.54) is 10.9 Å². The lowest BCUT2D eigenvalue weighted by atomic mass is 10.1. The van der Waals surface area contributed by atoms with Crippen molar-refractivity contribution in [2.75, 3.05) is 11.1 Å². The molecule has 0 aliphatic rings. The number of anilines is 2. The van der Waals surface area contributed by atoms with Gasteiger partial charge in [-0.15, -0.1) is 11.3 Å². The van der Waals surface area contributed by atoms with Gasteiger partial charge in [-0.1, -0.05) is 19.4 Å². The van der Waals surface area contributed by atoms with Crippen LogP contribution in [0.1, 0.15) is 30.7 Å². The number of aromatic nitrogens is 1. The van der Waals surface area contributed by atoms with Crippen molar-refractivity contribution in [2.24, 2.45) is 0 Å². The monoisotopic (exact) mass is 292 g/mol. The maximum Gasteiger partial charge on any atom is 0.311 e. The predicted molar refractivity (Wildman–Crippen MR) is 80.9 cm³/mol. The average molecular weight is 292 g/mol. The van der Waals surface area contributed by atoms with Crippen molar-refractivity contribution in [3.63, 3.8) is 0 Å². The summed E-state index contributed by atoms with van der Waals surface area (Å²) in [6, 6.07) is 7.18. The second-order valence-electron chi connectivity index (χ2n) is 4.36. The van der Waals surface area contributed by atoms with Crippen LogP contribution in [-0.2, 0) is 0 Å². The van der Waals surface area contributed by atoms with Crippen LogP contribution < -0.4 is 11.1 Å². The molecule has 1 atom stereocenters. The fourth-order valence-electron chi connectivity index (χ4n) is 1.94. The van der Waals surface area contributed by atoms with Crippen molar-refractivity contribution in [3.05, 3.63) is 44.6 Å². The van der Waals surface area contributed by atoms with Crippen molar-refractivity contribution in [1.29, 1.82) is 0 Å². The third kappa shape index (κ3) is 3.24. The van der Waals surface area contributed by atoms with Crippen molar-refractivity contribution in [2.45, 2.75) is 25.8 Å². The van der Waals surface area contributed by atoms with E-state index in [1.807, 2.05) is 11.4 Å². The number of pyridine rings is 1. The lowest BCUT2D eigenvalue weighted by Crippen LogP contribution is -2.11. The fourth-order valence-corrected chi connectivity index (χ4v) is 2.76. The molecule has 2 aromatic heterocycles. The molecule has 0 radical (unpaired) electrons. The zero-order valence-corrected chi connectivity index (χ0v) is 11.9. The maximum atomic E-state index is 10.7. The van der Waals surface area contributed by atoms with E-state index >= 15 is 0 Å². The Morgan fingerprint density at radius 3 is 2.85 bits per heavy atom. The first-order chi connectivity index (χ1) is 9.61. The quantitative estimate of drug-likeness (QED) is 0.626. The van der Waals surface area contributed by atoms with Gasteiger partial charge < -0.3 is 11.1 Å². The van der Waals surface area contributed by atoms with Crippen LogP contribution in [0.3, 0.4) is 0 Å². The molecule has 2 aromatic rings. The summed E-state index contributed by atoms with van der Waals surface area (Å²) in [5.41, 5.74) is 5.43. The molecule has 0 spiro atoms. The lowest BCUT2D eigenvalue weighted by Gasteiger charge is -2.17. The predicted octanol–water partition coefficient (Wildman–Crippen LogP) is 3.59. The summed E-state index contributed by atoms with van der Waals surface area (Å²) < 4.78 is 0. The van der Waals surface area contributed by atoms with Gasteiger partial charge in [0.1, 0.15) is 5.82 Å². The van der Waals surface area contributed by atoms with Crippen LogP contribution in [0, 0.1) is 10.1 Å². The van der Waals surface area contributed by atoms with E-state index in [0.29, 0.717) is 5.82 Å². The van der Waals surface area contributed by atoms with E-state index in [4.69, 9.17) is 5.73 Å². The number of nitrogen functional groups attached to an aromatic ring is 1. The highest BCUT2D eigenvalue weighted by Crippen LogP contribution is 2.28. The number of rotatable bonds is 6. The highest BCUT2D eigenvalue weighted by molar-refractivity contribution is 7.10. The molecule has 20 heavy (non-hydrogen) atoms. The third-order valence-corrected chi connectivity index (χ3v) is 3.87. The Morgan fingerprint density at radius 2 is 2.30 bits per heavy atom. The first kappa shape index (κ1) is 14.3. The Morgan fingerprint density at radius 1 is 1.50 bits per heavy atom. The largest absolute Gasteiger partial charge is 0.378 e. The molecule has 0 saturated heterocycles. The lowest BCUT2D eigenvalue weighted by molar-refractivity contribution is -0.384. The smallest absolute Gasteiger partial charge is 0.311 e. The maximum absolute atomic E-state index is 10.7. The van der Waals surface area contributed by atoms with Gasteiger partial charge in [-0.25, -0.2) is 4.98 Å². The molecule has 0 saturated carbocycles. The zero-order valence-electron chi connectivity index (χ0n) is 11.1. The summed E-state index contributed by atoms with van der Waals surface area (Å²) in [5, 5.41) is 16.0. The number of nitro groups is 1. The van der Waals surface area contributed by atoms with Crippen LogP contribution in [-0.4, -0.2) is 9.91 Å². The van der Waals surface area contributed by atoms with E-state index in [-0.39, 0.29) is 17.5 Å². The number of hydrogen-bond acceptors (Lipinski definition) is 6. The molecule has 0 fully saturated rings. The summed E-state index contributed by atoms with van der Waals surface area (Å²) in [5.74, 6) is 0.487. The van der Waals surface area contributed by atoms with Crippen molar-refractivity contribution >= 4 is 28.7 Å². The molecule has 0 aromatic carbocycles. The number of nitrogens with two attached hydrogens (primary N) is 1. The number of hydrogen-bond donors (Lipinski definition) is 2. The van der Waals surface area contributed by atoms with E-state index < -0.39 is 4.92 Å². The van der Waals surface area contributed by atoms with Gasteiger partial charge in [-0.2, -0.15) is 0 Å². The second-order valence-corrected chi connectivity index (χ2v) is 5.34. The van der Waals surface area contributed by atoms with Gasteiger partial charge >= 0.3 is 5.69 Å². The van der Waals surface area contributed by atoms with Crippen LogP contribution in [0.2, 0.25) is 0 Å². The van der Waals surface area contributed by atoms with E-state index in [2.05, 4.69) is 23.3 Å². The fraction of sp³-hybridized carbons (Fsp3) is 0.308. The van der Waals surface area contributed by atoms with Crippen LogP contribution in [0.4, 0.5) is 17.3 Å². The first-order valence-corrected chi connectivity index (χ1v) is 7.20. The molecule has 0 bridgehead atoms. The van der Waals surface area contributed by atoms with Gasteiger partial charge in [0.05, 0.1) is 11.0 Å². The van der Waals surface area contributed by atoms with Crippen molar-refractivity contribution < 1.29 is 4.92 Å². The average Bonchev–Trinajstić information content (AvgIpc) is 2.91. The standard InChI is InChI=1S/C13H16N4O2S/c1-2-4-9(11-5-3-8-20-11)15-12-7-6-10(17(18)19)13(14)16-12/h3,5-9H,2,4H2,1H3,(H3,14,15,16). The summed E-state index contributed by atoms with van der Waals surface area (Å²) in [7, 11) is 0. The second kappa shape index (κ2) is 6.33. The van der Waals surface area contributed by atoms with Gasteiger partial charge in [0.15, 0.2) is 0 Å². The molecule has 2 heterocycles. The molecule has 3 N–H and O–H groups in total. The number of nitrogens with zero attached hydrogens (tertiary/aromatic N) is 2. The van der Waals surface area contributed by atoms with Gasteiger partial charge in [-0.05, 0) is 23.9 Å². The summed E-state index contributed by atoms with van der Waals surface area (Å²) in [6.07, 6.45) is 1.98. The van der Waals surface area contributed by atoms with Gasteiger partial charge in [0.2, 0.25) is 5.82 Å². The van der Waals surface area contributed by atoms with Gasteiger partial charge in [0.25, 0.3) is 0 Å². The molecule has 6 nitrogen and oxygen atoms in total. The summed E-state index contributed by atoms with van der Waals surface area (Å²) in [4.78, 5) is 15.4. The SMILES string of the molecule is CCCC(Nc1ccc([N+](=O)[O-])c(N)n1)c1cccs1. The minimum atomic E-state index is -0.533. The minimum absolute atomic E-state index is 0.0681. The molecule has 7 heteroatoms. The highest BCUT2D eigenvalue weighted by Gasteiger charge is 2.16. The Bertz CT molecular complexity index is 586. The summed E-state index contributed by atoms with van der Waals surface area (Å²) in [6.45, 7) is 2.11. The number of nitrogens with one attached hydrogen (secondary N) is 1. The summed E-state index contributed by atoms with van der Waals surface area (Å²) >= 11 is 1.67. The van der Waals surface area contributed by atoms with Crippen molar-refractivity contribution in [3.8, 4) is 0 Å². The Hall–Kier alpha value is -2.15. The third-order valence-electron chi connectivity index (χ3n) is 2.89. The molecule has 0 aliphatic carbocycles.